The van der Waals surface area contributed by atoms with Gasteiger partial charge in [-0.3, -0.25) is 4.72 Å². The highest BCUT2D eigenvalue weighted by Gasteiger charge is 2.13. The second kappa shape index (κ2) is 7.48. The highest BCUT2D eigenvalue weighted by molar-refractivity contribution is 7.92. The zero-order valence-corrected chi connectivity index (χ0v) is 16.4. The molecule has 5 nitrogen and oxygen atoms in total. The van der Waals surface area contributed by atoms with Crippen molar-refractivity contribution in [2.75, 3.05) is 4.72 Å². The molecule has 0 spiro atoms. The van der Waals surface area contributed by atoms with Gasteiger partial charge in [0.25, 0.3) is 10.0 Å². The van der Waals surface area contributed by atoms with Crippen molar-refractivity contribution in [2.45, 2.75) is 17.7 Å². The summed E-state index contributed by atoms with van der Waals surface area (Å²) >= 11 is 0. The predicted octanol–water partition coefficient (Wildman–Crippen LogP) is 4.16. The lowest BCUT2D eigenvalue weighted by atomic mass is 10.1. The molecule has 0 aliphatic rings. The molecular weight excluding hydrogens is 370 g/mol. The molecule has 0 aliphatic carbocycles. The average molecular weight is 391 g/mol. The first kappa shape index (κ1) is 18.3. The van der Waals surface area contributed by atoms with Crippen molar-refractivity contribution in [1.29, 1.82) is 0 Å². The molecule has 0 saturated heterocycles. The van der Waals surface area contributed by atoms with Gasteiger partial charge in [-0.25, -0.2) is 13.4 Å². The van der Waals surface area contributed by atoms with Gasteiger partial charge in [-0.05, 0) is 48.4 Å². The highest BCUT2D eigenvalue weighted by atomic mass is 32.2. The Bertz CT molecular complexity index is 1200. The second-order valence-corrected chi connectivity index (χ2v) is 8.37. The highest BCUT2D eigenvalue weighted by Crippen LogP contribution is 2.19. The molecule has 1 N–H and O–H groups in total. The van der Waals surface area contributed by atoms with Gasteiger partial charge < -0.3 is 4.57 Å². The van der Waals surface area contributed by atoms with Crippen LogP contribution < -0.4 is 4.72 Å². The number of sulfonamides is 1. The van der Waals surface area contributed by atoms with Gasteiger partial charge in [-0.1, -0.05) is 42.5 Å². The van der Waals surface area contributed by atoms with Crippen LogP contribution in [0.2, 0.25) is 0 Å². The van der Waals surface area contributed by atoms with E-state index in [1.807, 2.05) is 37.4 Å². The van der Waals surface area contributed by atoms with Gasteiger partial charge in [-0.2, -0.15) is 0 Å². The smallest absolute Gasteiger partial charge is 0.261 e. The van der Waals surface area contributed by atoms with Gasteiger partial charge in [0, 0.05) is 19.2 Å². The van der Waals surface area contributed by atoms with Crippen molar-refractivity contribution < 1.29 is 8.42 Å². The monoisotopic (exact) mass is 391 g/mol. The molecule has 0 fully saturated rings. The van der Waals surface area contributed by atoms with Gasteiger partial charge in [0.15, 0.2) is 0 Å². The Kier molecular flexibility index (Phi) is 4.88. The van der Waals surface area contributed by atoms with Crippen LogP contribution in [0.3, 0.4) is 0 Å². The third-order valence-corrected chi connectivity index (χ3v) is 6.17. The minimum atomic E-state index is -3.57. The third-order valence-electron chi connectivity index (χ3n) is 4.78. The molecule has 0 saturated carbocycles. The van der Waals surface area contributed by atoms with Gasteiger partial charge in [0.05, 0.1) is 15.9 Å². The van der Waals surface area contributed by atoms with Crippen molar-refractivity contribution in [3.05, 3.63) is 90.3 Å². The van der Waals surface area contributed by atoms with Gasteiger partial charge in [-0.15, -0.1) is 0 Å². The summed E-state index contributed by atoms with van der Waals surface area (Å²) in [7, 11) is -1.53. The number of anilines is 1. The van der Waals surface area contributed by atoms with Crippen LogP contribution in [0.1, 0.15) is 11.4 Å². The number of para-hydroxylation sites is 2. The van der Waals surface area contributed by atoms with Crippen molar-refractivity contribution >= 4 is 26.7 Å². The van der Waals surface area contributed by atoms with Crippen molar-refractivity contribution in [1.82, 2.24) is 9.55 Å². The first-order chi connectivity index (χ1) is 13.5. The minimum absolute atomic E-state index is 0.251. The Balaban J connectivity index is 1.44. The molecular formula is C22H21N3O2S. The zero-order chi connectivity index (χ0) is 19.6. The van der Waals surface area contributed by atoms with Crippen LogP contribution in [0.4, 0.5) is 5.69 Å². The van der Waals surface area contributed by atoms with Crippen LogP contribution in [0.5, 0.6) is 0 Å². The molecule has 28 heavy (non-hydrogen) atoms. The summed E-state index contributed by atoms with van der Waals surface area (Å²) in [6.07, 6.45) is 1.66. The van der Waals surface area contributed by atoms with Gasteiger partial charge >= 0.3 is 0 Å². The molecule has 0 radical (unpaired) electrons. The number of benzene rings is 3. The number of rotatable bonds is 6. The summed E-state index contributed by atoms with van der Waals surface area (Å²) in [6, 6.07) is 24.0. The molecule has 1 heterocycles. The van der Waals surface area contributed by atoms with E-state index in [2.05, 4.69) is 15.4 Å². The lowest BCUT2D eigenvalue weighted by Crippen LogP contribution is -2.12. The maximum Gasteiger partial charge on any atom is 0.261 e. The molecule has 0 unspecified atom stereocenters. The standard InChI is InChI=1S/C22H21N3O2S/c1-25-21-10-6-5-9-20(21)23-22(25)16-13-17-11-14-18(15-12-17)24-28(26,27)19-7-3-2-4-8-19/h2-12,14-15,24H,13,16H2,1H3. The summed E-state index contributed by atoms with van der Waals surface area (Å²) in [5, 5.41) is 0. The van der Waals surface area contributed by atoms with E-state index in [0.29, 0.717) is 5.69 Å². The molecule has 6 heteroatoms. The largest absolute Gasteiger partial charge is 0.331 e. The van der Waals surface area contributed by atoms with E-state index in [-0.39, 0.29) is 4.90 Å². The van der Waals surface area contributed by atoms with Crippen LogP contribution in [0, 0.1) is 0 Å². The first-order valence-electron chi connectivity index (χ1n) is 9.10. The maximum atomic E-state index is 12.4. The number of hydrogen-bond acceptors (Lipinski definition) is 3. The van der Waals surface area contributed by atoms with E-state index in [0.717, 1.165) is 35.3 Å². The van der Waals surface area contributed by atoms with Gasteiger partial charge in [0.1, 0.15) is 5.82 Å². The molecule has 0 aliphatic heterocycles. The topological polar surface area (TPSA) is 64.0 Å². The number of nitrogens with one attached hydrogen (secondary N) is 1. The normalized spacial score (nSPS) is 11.6. The zero-order valence-electron chi connectivity index (χ0n) is 15.5. The quantitative estimate of drug-likeness (QED) is 0.537. The number of fused-ring (bicyclic) bond motifs is 1. The minimum Gasteiger partial charge on any atom is -0.331 e. The van der Waals surface area contributed by atoms with Crippen molar-refractivity contribution in [3.8, 4) is 0 Å². The van der Waals surface area contributed by atoms with E-state index < -0.39 is 10.0 Å². The Morgan fingerprint density at radius 1 is 0.857 bits per heavy atom. The number of nitrogens with zero attached hydrogens (tertiary/aromatic N) is 2. The number of aryl methyl sites for hydroxylation is 3. The number of hydrogen-bond donors (Lipinski definition) is 1. The fraction of sp³-hybridized carbons (Fsp3) is 0.136. The van der Waals surface area contributed by atoms with E-state index in [4.69, 9.17) is 4.98 Å². The van der Waals surface area contributed by atoms with E-state index >= 15 is 0 Å². The Morgan fingerprint density at radius 2 is 1.54 bits per heavy atom. The predicted molar refractivity (Wildman–Crippen MR) is 112 cm³/mol. The maximum absolute atomic E-state index is 12.4. The summed E-state index contributed by atoms with van der Waals surface area (Å²) in [5.41, 5.74) is 3.82. The Hall–Kier alpha value is -3.12. The van der Waals surface area contributed by atoms with E-state index in [1.165, 1.54) is 0 Å². The van der Waals surface area contributed by atoms with Crippen LogP contribution in [0.15, 0.2) is 83.8 Å². The molecule has 4 aromatic rings. The summed E-state index contributed by atoms with van der Waals surface area (Å²) in [4.78, 5) is 4.95. The van der Waals surface area contributed by atoms with E-state index in [1.54, 1.807) is 42.5 Å². The van der Waals surface area contributed by atoms with Crippen LogP contribution in [0.25, 0.3) is 11.0 Å². The number of imidazole rings is 1. The molecule has 142 valence electrons. The average Bonchev–Trinajstić information content (AvgIpc) is 3.04. The second-order valence-electron chi connectivity index (χ2n) is 6.69. The molecule has 0 amide bonds. The SMILES string of the molecule is Cn1c(CCc2ccc(NS(=O)(=O)c3ccccc3)cc2)nc2ccccc21. The molecule has 0 atom stereocenters. The summed E-state index contributed by atoms with van der Waals surface area (Å²) in [5.74, 6) is 1.04. The van der Waals surface area contributed by atoms with Crippen LogP contribution in [-0.4, -0.2) is 18.0 Å². The Morgan fingerprint density at radius 3 is 2.25 bits per heavy atom. The lowest BCUT2D eigenvalue weighted by Gasteiger charge is -2.09. The molecule has 1 aromatic heterocycles. The molecule has 4 rings (SSSR count). The van der Waals surface area contributed by atoms with Crippen molar-refractivity contribution in [3.63, 3.8) is 0 Å². The summed E-state index contributed by atoms with van der Waals surface area (Å²) < 4.78 is 29.5. The third kappa shape index (κ3) is 3.77. The molecule has 3 aromatic carbocycles. The first-order valence-corrected chi connectivity index (χ1v) is 10.6. The fourth-order valence-corrected chi connectivity index (χ4v) is 4.31. The number of aromatic nitrogens is 2. The van der Waals surface area contributed by atoms with Gasteiger partial charge in [0.2, 0.25) is 0 Å². The summed E-state index contributed by atoms with van der Waals surface area (Å²) in [6.45, 7) is 0. The van der Waals surface area contributed by atoms with Crippen LogP contribution >= 0.6 is 0 Å². The Labute approximate surface area is 164 Å². The molecule has 0 bridgehead atoms. The fourth-order valence-electron chi connectivity index (χ4n) is 3.23. The lowest BCUT2D eigenvalue weighted by molar-refractivity contribution is 0.601. The van der Waals surface area contributed by atoms with Crippen molar-refractivity contribution in [2.24, 2.45) is 7.05 Å². The van der Waals surface area contributed by atoms with Crippen LogP contribution in [-0.2, 0) is 29.9 Å². The van der Waals surface area contributed by atoms with E-state index in [9.17, 15) is 8.42 Å².